The van der Waals surface area contributed by atoms with Gasteiger partial charge in [0.05, 0.1) is 5.56 Å². The molecule has 1 aromatic heterocycles. The quantitative estimate of drug-likeness (QED) is 0.732. The zero-order valence-corrected chi connectivity index (χ0v) is 17.4. The molecule has 2 heterocycles. The van der Waals surface area contributed by atoms with Crippen molar-refractivity contribution in [1.82, 2.24) is 9.47 Å². The standard InChI is InChI=1S/C24H28N4O/c1-18-17-23(19(2)28(18)22-7-5-4-6-8-22)24(29)25-20-9-11-21(12-10-20)27-15-13-26(3)14-16-27/h4-12,17H,13-16H2,1-3H3,(H,25,29). The molecule has 4 rings (SSSR count). The lowest BCUT2D eigenvalue weighted by Crippen LogP contribution is -2.44. The molecular formula is C24H28N4O. The number of para-hydroxylation sites is 1. The predicted octanol–water partition coefficient (Wildman–Crippen LogP) is 4.10. The number of aromatic nitrogens is 1. The number of likely N-dealkylation sites (N-methyl/N-ethyl adjacent to an activating group) is 1. The van der Waals surface area contributed by atoms with Crippen LogP contribution < -0.4 is 10.2 Å². The van der Waals surface area contributed by atoms with Crippen LogP contribution >= 0.6 is 0 Å². The van der Waals surface area contributed by atoms with Crippen LogP contribution in [0.4, 0.5) is 11.4 Å². The molecule has 1 saturated heterocycles. The summed E-state index contributed by atoms with van der Waals surface area (Å²) in [6.45, 7) is 8.25. The number of aryl methyl sites for hydroxylation is 1. The van der Waals surface area contributed by atoms with E-state index in [1.807, 2.05) is 50.2 Å². The number of carbonyl (C=O) groups is 1. The van der Waals surface area contributed by atoms with Crippen molar-refractivity contribution in [3.63, 3.8) is 0 Å². The van der Waals surface area contributed by atoms with Gasteiger partial charge in [-0.2, -0.15) is 0 Å². The van der Waals surface area contributed by atoms with Crippen LogP contribution in [0.25, 0.3) is 5.69 Å². The molecule has 1 fully saturated rings. The van der Waals surface area contributed by atoms with E-state index in [0.717, 1.165) is 48.9 Å². The Bertz CT molecular complexity index is 984. The summed E-state index contributed by atoms with van der Waals surface area (Å²) in [6, 6.07) is 20.2. The largest absolute Gasteiger partial charge is 0.369 e. The number of anilines is 2. The second-order valence-corrected chi connectivity index (χ2v) is 7.75. The Balaban J connectivity index is 1.49. The third-order valence-electron chi connectivity index (χ3n) is 5.68. The van der Waals surface area contributed by atoms with Gasteiger partial charge in [0.1, 0.15) is 0 Å². The van der Waals surface area contributed by atoms with Gasteiger partial charge >= 0.3 is 0 Å². The minimum Gasteiger partial charge on any atom is -0.369 e. The normalized spacial score (nSPS) is 14.8. The number of rotatable bonds is 4. The molecule has 0 unspecified atom stereocenters. The van der Waals surface area contributed by atoms with Crippen LogP contribution in [0.15, 0.2) is 60.7 Å². The highest BCUT2D eigenvalue weighted by atomic mass is 16.1. The van der Waals surface area contributed by atoms with Crippen LogP contribution in [0.3, 0.4) is 0 Å². The number of benzene rings is 2. The molecule has 5 heteroatoms. The van der Waals surface area contributed by atoms with E-state index in [0.29, 0.717) is 5.56 Å². The molecule has 1 amide bonds. The third kappa shape index (κ3) is 4.05. The van der Waals surface area contributed by atoms with Gasteiger partial charge in [-0.15, -0.1) is 0 Å². The molecule has 1 aliphatic rings. The third-order valence-corrected chi connectivity index (χ3v) is 5.68. The van der Waals surface area contributed by atoms with Crippen molar-refractivity contribution in [2.24, 2.45) is 0 Å². The second kappa shape index (κ2) is 8.13. The van der Waals surface area contributed by atoms with Gasteiger partial charge in [-0.25, -0.2) is 0 Å². The van der Waals surface area contributed by atoms with Crippen molar-refractivity contribution in [2.75, 3.05) is 43.4 Å². The van der Waals surface area contributed by atoms with E-state index in [1.165, 1.54) is 5.69 Å². The molecule has 0 aliphatic carbocycles. The lowest BCUT2D eigenvalue weighted by Gasteiger charge is -2.34. The van der Waals surface area contributed by atoms with E-state index < -0.39 is 0 Å². The summed E-state index contributed by atoms with van der Waals surface area (Å²) in [5.74, 6) is -0.0763. The van der Waals surface area contributed by atoms with Crippen LogP contribution in [-0.2, 0) is 0 Å². The van der Waals surface area contributed by atoms with Crippen LogP contribution in [0.2, 0.25) is 0 Å². The van der Waals surface area contributed by atoms with Crippen LogP contribution in [0, 0.1) is 13.8 Å². The highest BCUT2D eigenvalue weighted by Crippen LogP contribution is 2.23. The fourth-order valence-electron chi connectivity index (χ4n) is 3.99. The van der Waals surface area contributed by atoms with Crippen molar-refractivity contribution in [3.8, 4) is 5.69 Å². The first-order chi connectivity index (χ1) is 14.0. The molecule has 0 saturated carbocycles. The fraction of sp³-hybridized carbons (Fsp3) is 0.292. The van der Waals surface area contributed by atoms with Gasteiger partial charge < -0.3 is 19.7 Å². The van der Waals surface area contributed by atoms with Gasteiger partial charge in [-0.1, -0.05) is 18.2 Å². The fourth-order valence-corrected chi connectivity index (χ4v) is 3.99. The Morgan fingerprint density at radius 3 is 2.17 bits per heavy atom. The summed E-state index contributed by atoms with van der Waals surface area (Å²) in [6.07, 6.45) is 0. The maximum Gasteiger partial charge on any atom is 0.257 e. The van der Waals surface area contributed by atoms with E-state index in [1.54, 1.807) is 0 Å². The summed E-state index contributed by atoms with van der Waals surface area (Å²) in [5.41, 5.74) is 5.79. The maximum atomic E-state index is 12.9. The van der Waals surface area contributed by atoms with Crippen LogP contribution in [-0.4, -0.2) is 48.6 Å². The number of nitrogens with one attached hydrogen (secondary N) is 1. The first-order valence-corrected chi connectivity index (χ1v) is 10.1. The van der Waals surface area contributed by atoms with E-state index in [-0.39, 0.29) is 5.91 Å². The Hall–Kier alpha value is -3.05. The topological polar surface area (TPSA) is 40.5 Å². The first kappa shape index (κ1) is 19.3. The van der Waals surface area contributed by atoms with Gasteiger partial charge in [-0.05, 0) is 63.4 Å². The first-order valence-electron chi connectivity index (χ1n) is 10.1. The molecule has 3 aromatic rings. The molecule has 0 atom stereocenters. The number of carbonyl (C=O) groups excluding carboxylic acids is 1. The zero-order valence-electron chi connectivity index (χ0n) is 17.4. The molecule has 1 N–H and O–H groups in total. The molecule has 0 spiro atoms. The Morgan fingerprint density at radius 1 is 0.862 bits per heavy atom. The van der Waals surface area contributed by atoms with Crippen LogP contribution in [0.1, 0.15) is 21.7 Å². The van der Waals surface area contributed by atoms with E-state index >= 15 is 0 Å². The monoisotopic (exact) mass is 388 g/mol. The number of nitrogens with zero attached hydrogens (tertiary/aromatic N) is 3. The van der Waals surface area contributed by atoms with Crippen LogP contribution in [0.5, 0.6) is 0 Å². The summed E-state index contributed by atoms with van der Waals surface area (Å²) in [7, 11) is 2.16. The molecule has 150 valence electrons. The Labute approximate surface area is 172 Å². The average Bonchev–Trinajstić information content (AvgIpc) is 3.04. The van der Waals surface area contributed by atoms with Gasteiger partial charge in [-0.3, -0.25) is 4.79 Å². The Kier molecular flexibility index (Phi) is 5.41. The number of hydrogen-bond donors (Lipinski definition) is 1. The molecule has 5 nitrogen and oxygen atoms in total. The minimum absolute atomic E-state index is 0.0763. The average molecular weight is 389 g/mol. The van der Waals surface area contributed by atoms with Crippen molar-refractivity contribution in [1.29, 1.82) is 0 Å². The van der Waals surface area contributed by atoms with Gasteiger partial charge in [0, 0.05) is 54.6 Å². The SMILES string of the molecule is Cc1cc(C(=O)Nc2ccc(N3CCN(C)CC3)cc2)c(C)n1-c1ccccc1. The van der Waals surface area contributed by atoms with Crippen molar-refractivity contribution in [2.45, 2.75) is 13.8 Å². The molecule has 29 heavy (non-hydrogen) atoms. The second-order valence-electron chi connectivity index (χ2n) is 7.75. The van der Waals surface area contributed by atoms with E-state index in [4.69, 9.17) is 0 Å². The van der Waals surface area contributed by atoms with Crippen molar-refractivity contribution < 1.29 is 4.79 Å². The van der Waals surface area contributed by atoms with Gasteiger partial charge in [0.25, 0.3) is 5.91 Å². The lowest BCUT2D eigenvalue weighted by molar-refractivity contribution is 0.102. The van der Waals surface area contributed by atoms with E-state index in [9.17, 15) is 4.79 Å². The highest BCUT2D eigenvalue weighted by molar-refractivity contribution is 6.05. The predicted molar refractivity (Wildman–Crippen MR) is 119 cm³/mol. The maximum absolute atomic E-state index is 12.9. The molecular weight excluding hydrogens is 360 g/mol. The highest BCUT2D eigenvalue weighted by Gasteiger charge is 2.17. The number of piperazine rings is 1. The zero-order chi connectivity index (χ0) is 20.4. The van der Waals surface area contributed by atoms with Gasteiger partial charge in [0.15, 0.2) is 0 Å². The minimum atomic E-state index is -0.0763. The summed E-state index contributed by atoms with van der Waals surface area (Å²) in [4.78, 5) is 17.6. The Morgan fingerprint density at radius 2 is 1.52 bits per heavy atom. The molecule has 1 aliphatic heterocycles. The molecule has 2 aromatic carbocycles. The summed E-state index contributed by atoms with van der Waals surface area (Å²) < 4.78 is 2.12. The molecule has 0 radical (unpaired) electrons. The number of hydrogen-bond acceptors (Lipinski definition) is 3. The summed E-state index contributed by atoms with van der Waals surface area (Å²) >= 11 is 0. The summed E-state index contributed by atoms with van der Waals surface area (Å²) in [5, 5.41) is 3.05. The smallest absolute Gasteiger partial charge is 0.257 e. The number of amides is 1. The lowest BCUT2D eigenvalue weighted by atomic mass is 10.2. The van der Waals surface area contributed by atoms with E-state index in [2.05, 4.69) is 51.0 Å². The van der Waals surface area contributed by atoms with Gasteiger partial charge in [0.2, 0.25) is 0 Å². The van der Waals surface area contributed by atoms with Crippen molar-refractivity contribution in [3.05, 3.63) is 77.6 Å². The molecule has 0 bridgehead atoms. The van der Waals surface area contributed by atoms with Crippen molar-refractivity contribution >= 4 is 17.3 Å².